The van der Waals surface area contributed by atoms with Gasteiger partial charge in [-0.1, -0.05) is 30.5 Å². The van der Waals surface area contributed by atoms with Crippen molar-refractivity contribution in [3.8, 4) is 11.5 Å². The van der Waals surface area contributed by atoms with Crippen molar-refractivity contribution < 1.29 is 23.8 Å². The average molecular weight is 472 g/mol. The molecule has 0 aromatic heterocycles. The Balaban J connectivity index is 2.08. The average Bonchev–Trinajstić information content (AvgIpc) is 3.17. The van der Waals surface area contributed by atoms with E-state index in [1.54, 1.807) is 27.2 Å². The number of rotatable bonds is 9. The van der Waals surface area contributed by atoms with E-state index in [-0.39, 0.29) is 25.0 Å². The lowest BCUT2D eigenvalue weighted by molar-refractivity contribution is -0.138. The maximum Gasteiger partial charge on any atom is 0.338 e. The van der Waals surface area contributed by atoms with E-state index in [0.717, 1.165) is 11.3 Å². The van der Waals surface area contributed by atoms with Crippen LogP contribution in [-0.2, 0) is 14.3 Å². The molecule has 2 aliphatic rings. The number of amidine groups is 1. The maximum absolute atomic E-state index is 13.1. The van der Waals surface area contributed by atoms with E-state index in [1.807, 2.05) is 36.3 Å². The number of allylic oxidation sites excluding steroid dienone is 1. The minimum atomic E-state index is -0.553. The highest BCUT2D eigenvalue weighted by Gasteiger charge is 2.41. The highest BCUT2D eigenvalue weighted by atomic mass is 32.2. The lowest BCUT2D eigenvalue weighted by Crippen LogP contribution is -2.38. The number of amides is 1. The number of ether oxygens (including phenoxy) is 3. The van der Waals surface area contributed by atoms with Gasteiger partial charge in [0.25, 0.3) is 0 Å². The van der Waals surface area contributed by atoms with Gasteiger partial charge >= 0.3 is 5.97 Å². The zero-order chi connectivity index (χ0) is 24.1. The lowest BCUT2D eigenvalue weighted by atomic mass is 9.93. The Morgan fingerprint density at radius 2 is 2.00 bits per heavy atom. The molecule has 0 saturated carbocycles. The number of hydrogen-bond acceptors (Lipinski definition) is 8. The summed E-state index contributed by atoms with van der Waals surface area (Å²) in [5, 5.41) is 5.51. The van der Waals surface area contributed by atoms with Gasteiger partial charge in [0, 0.05) is 11.7 Å². The fourth-order valence-corrected chi connectivity index (χ4v) is 4.68. The van der Waals surface area contributed by atoms with E-state index in [9.17, 15) is 9.59 Å². The second kappa shape index (κ2) is 10.6. The molecule has 1 atom stereocenters. The summed E-state index contributed by atoms with van der Waals surface area (Å²) in [5.74, 6) is 0.514. The summed E-state index contributed by atoms with van der Waals surface area (Å²) in [6, 6.07) is 4.96. The van der Waals surface area contributed by atoms with Crippen molar-refractivity contribution in [3.63, 3.8) is 0 Å². The van der Waals surface area contributed by atoms with Gasteiger partial charge in [-0.25, -0.2) is 9.79 Å². The number of carbonyl (C=O) groups is 2. The third-order valence-electron chi connectivity index (χ3n) is 5.07. The monoisotopic (exact) mass is 471 g/mol. The molecule has 8 nitrogen and oxygen atoms in total. The molecular weight excluding hydrogens is 442 g/mol. The SMILES string of the molecule is C=CCOC(=O)C1=C(C)N=C2SC=C(CC(=O)NC(C)C)N2C1c1ccc(OC)c(OC)c1. The van der Waals surface area contributed by atoms with E-state index >= 15 is 0 Å². The Morgan fingerprint density at radius 3 is 2.64 bits per heavy atom. The number of fused-ring (bicyclic) bond motifs is 1. The largest absolute Gasteiger partial charge is 0.493 e. The number of aliphatic imine (C=N–C) groups is 1. The van der Waals surface area contributed by atoms with Crippen LogP contribution in [0.4, 0.5) is 0 Å². The summed E-state index contributed by atoms with van der Waals surface area (Å²) < 4.78 is 16.3. The molecule has 9 heteroatoms. The van der Waals surface area contributed by atoms with Gasteiger partial charge in [-0.3, -0.25) is 4.79 Å². The Hall–Kier alpha value is -3.20. The topological polar surface area (TPSA) is 89.5 Å². The van der Waals surface area contributed by atoms with E-state index in [4.69, 9.17) is 14.2 Å². The van der Waals surface area contributed by atoms with Crippen LogP contribution in [0.3, 0.4) is 0 Å². The predicted octanol–water partition coefficient (Wildman–Crippen LogP) is 3.92. The molecule has 0 fully saturated rings. The first-order chi connectivity index (χ1) is 15.8. The molecule has 1 amide bonds. The van der Waals surface area contributed by atoms with Crippen molar-refractivity contribution in [2.45, 2.75) is 39.3 Å². The van der Waals surface area contributed by atoms with Gasteiger partial charge in [-0.2, -0.15) is 0 Å². The number of esters is 1. The molecule has 0 radical (unpaired) electrons. The number of methoxy groups -OCH3 is 2. The summed E-state index contributed by atoms with van der Waals surface area (Å²) in [6.45, 7) is 9.31. The summed E-state index contributed by atoms with van der Waals surface area (Å²) in [5.41, 5.74) is 2.48. The van der Waals surface area contributed by atoms with Crippen molar-refractivity contribution in [2.75, 3.05) is 20.8 Å². The van der Waals surface area contributed by atoms with Crippen molar-refractivity contribution in [3.05, 3.63) is 58.8 Å². The molecule has 0 saturated heterocycles. The molecular formula is C24H29N3O5S. The molecule has 33 heavy (non-hydrogen) atoms. The van der Waals surface area contributed by atoms with Gasteiger partial charge < -0.3 is 24.4 Å². The Morgan fingerprint density at radius 1 is 1.27 bits per heavy atom. The normalized spacial score (nSPS) is 17.3. The van der Waals surface area contributed by atoms with Crippen LogP contribution in [0, 0.1) is 0 Å². The molecule has 3 rings (SSSR count). The first-order valence-corrected chi connectivity index (χ1v) is 11.4. The Labute approximate surface area is 198 Å². The van der Waals surface area contributed by atoms with Gasteiger partial charge in [0.15, 0.2) is 16.7 Å². The van der Waals surface area contributed by atoms with Crippen LogP contribution in [0.25, 0.3) is 0 Å². The Kier molecular flexibility index (Phi) is 7.86. The number of nitrogens with one attached hydrogen (secondary N) is 1. The third kappa shape index (κ3) is 5.24. The number of thioether (sulfide) groups is 1. The van der Waals surface area contributed by atoms with Gasteiger partial charge in [0.2, 0.25) is 5.91 Å². The van der Waals surface area contributed by atoms with E-state index in [1.165, 1.54) is 17.8 Å². The first kappa shape index (κ1) is 24.4. The number of hydrogen-bond donors (Lipinski definition) is 1. The van der Waals surface area contributed by atoms with Crippen LogP contribution in [0.1, 0.15) is 38.8 Å². The summed E-state index contributed by atoms with van der Waals surface area (Å²) in [6.07, 6.45) is 1.67. The molecule has 2 aliphatic heterocycles. The predicted molar refractivity (Wildman–Crippen MR) is 129 cm³/mol. The van der Waals surface area contributed by atoms with Crippen LogP contribution >= 0.6 is 11.8 Å². The highest BCUT2D eigenvalue weighted by Crippen LogP contribution is 2.46. The molecule has 1 unspecified atom stereocenters. The molecule has 0 spiro atoms. The Bertz CT molecular complexity index is 1040. The standard InChI is InChI=1S/C24H29N3O5S/c1-7-10-32-23(29)21-15(4)26-24-27(17(13-33-24)12-20(28)25-14(2)3)22(21)16-8-9-18(30-5)19(11-16)31-6/h7-9,11,13-14,22H,1,10,12H2,2-6H3,(H,25,28). The minimum Gasteiger partial charge on any atom is -0.493 e. The quantitative estimate of drug-likeness (QED) is 0.431. The molecule has 0 aliphatic carbocycles. The zero-order valence-corrected chi connectivity index (χ0v) is 20.3. The zero-order valence-electron chi connectivity index (χ0n) is 19.5. The van der Waals surface area contributed by atoms with Crippen LogP contribution < -0.4 is 14.8 Å². The fraction of sp³-hybridized carbons (Fsp3) is 0.375. The van der Waals surface area contributed by atoms with Gasteiger partial charge in [-0.15, -0.1) is 0 Å². The van der Waals surface area contributed by atoms with Gasteiger partial charge in [0.1, 0.15) is 6.61 Å². The maximum atomic E-state index is 13.1. The number of nitrogens with zero attached hydrogens (tertiary/aromatic N) is 2. The molecule has 176 valence electrons. The van der Waals surface area contributed by atoms with Crippen LogP contribution in [0.15, 0.2) is 58.2 Å². The van der Waals surface area contributed by atoms with E-state index < -0.39 is 12.0 Å². The molecule has 2 heterocycles. The number of benzene rings is 1. The van der Waals surface area contributed by atoms with E-state index in [2.05, 4.69) is 16.9 Å². The van der Waals surface area contributed by atoms with Gasteiger partial charge in [0.05, 0.1) is 38.0 Å². The molecule has 1 aromatic carbocycles. The van der Waals surface area contributed by atoms with Gasteiger partial charge in [-0.05, 0) is 43.9 Å². The summed E-state index contributed by atoms with van der Waals surface area (Å²) >= 11 is 1.42. The summed E-state index contributed by atoms with van der Waals surface area (Å²) in [4.78, 5) is 32.2. The number of carbonyl (C=O) groups excluding carboxylic acids is 2. The van der Waals surface area contributed by atoms with E-state index in [0.29, 0.717) is 27.9 Å². The summed E-state index contributed by atoms with van der Waals surface area (Å²) in [7, 11) is 3.12. The molecule has 0 bridgehead atoms. The lowest BCUT2D eigenvalue weighted by Gasteiger charge is -2.36. The van der Waals surface area contributed by atoms with Crippen LogP contribution in [0.2, 0.25) is 0 Å². The highest BCUT2D eigenvalue weighted by molar-refractivity contribution is 8.16. The molecule has 1 aromatic rings. The third-order valence-corrected chi connectivity index (χ3v) is 5.96. The smallest absolute Gasteiger partial charge is 0.338 e. The van der Waals surface area contributed by atoms with Crippen LogP contribution in [0.5, 0.6) is 11.5 Å². The fourth-order valence-electron chi connectivity index (χ4n) is 3.72. The second-order valence-corrected chi connectivity index (χ2v) is 8.63. The minimum absolute atomic E-state index is 0.0230. The molecule has 1 N–H and O–H groups in total. The van der Waals surface area contributed by atoms with Crippen molar-refractivity contribution in [2.24, 2.45) is 4.99 Å². The van der Waals surface area contributed by atoms with Crippen molar-refractivity contribution in [1.29, 1.82) is 0 Å². The van der Waals surface area contributed by atoms with Crippen LogP contribution in [-0.4, -0.2) is 48.8 Å². The first-order valence-electron chi connectivity index (χ1n) is 10.5. The second-order valence-electron chi connectivity index (χ2n) is 7.79. The van der Waals surface area contributed by atoms with Crippen molar-refractivity contribution in [1.82, 2.24) is 10.2 Å². The van der Waals surface area contributed by atoms with Crippen molar-refractivity contribution >= 4 is 28.8 Å².